The molecule has 0 bridgehead atoms. The van der Waals surface area contributed by atoms with E-state index in [0.717, 1.165) is 12.1 Å². The molecule has 0 aromatic rings. The molecule has 2 unspecified atom stereocenters. The summed E-state index contributed by atoms with van der Waals surface area (Å²) in [5.74, 6) is 0. The average molecular weight is 170 g/mol. The van der Waals surface area contributed by atoms with Gasteiger partial charge in [-0.1, -0.05) is 13.3 Å². The van der Waals surface area contributed by atoms with Gasteiger partial charge < -0.3 is 5.32 Å². The number of likely N-dealkylation sites (tertiary alicyclic amines) is 1. The van der Waals surface area contributed by atoms with Crippen LogP contribution in [0.4, 0.5) is 0 Å². The van der Waals surface area contributed by atoms with Gasteiger partial charge in [0.25, 0.3) is 0 Å². The first-order valence-corrected chi connectivity index (χ1v) is 5.19. The van der Waals surface area contributed by atoms with E-state index in [1.54, 1.807) is 0 Å². The highest BCUT2D eigenvalue weighted by Crippen LogP contribution is 2.14. The van der Waals surface area contributed by atoms with Gasteiger partial charge in [0.1, 0.15) is 0 Å². The topological polar surface area (TPSA) is 15.3 Å². The molecule has 0 aliphatic carbocycles. The second kappa shape index (κ2) is 4.83. The van der Waals surface area contributed by atoms with E-state index < -0.39 is 0 Å². The van der Waals surface area contributed by atoms with Crippen molar-refractivity contribution in [2.24, 2.45) is 0 Å². The number of hydrogen-bond acceptors (Lipinski definition) is 2. The van der Waals surface area contributed by atoms with Crippen molar-refractivity contribution in [1.29, 1.82) is 0 Å². The van der Waals surface area contributed by atoms with Gasteiger partial charge in [-0.05, 0) is 26.8 Å². The van der Waals surface area contributed by atoms with E-state index in [2.05, 4.69) is 31.1 Å². The van der Waals surface area contributed by atoms with E-state index in [1.807, 2.05) is 0 Å². The normalized spacial score (nSPS) is 27.8. The molecule has 0 spiro atoms. The fourth-order valence-electron chi connectivity index (χ4n) is 2.02. The third-order valence-corrected chi connectivity index (χ3v) is 2.96. The summed E-state index contributed by atoms with van der Waals surface area (Å²) in [6, 6.07) is 1.53. The Morgan fingerprint density at radius 1 is 1.58 bits per heavy atom. The SMILES string of the molecule is CCCC(C)N1CCC(NC)C1. The van der Waals surface area contributed by atoms with Crippen LogP contribution in [0.1, 0.15) is 33.1 Å². The maximum atomic E-state index is 3.35. The number of likely N-dealkylation sites (N-methyl/N-ethyl adjacent to an activating group) is 1. The van der Waals surface area contributed by atoms with Crippen LogP contribution in [0.2, 0.25) is 0 Å². The molecular formula is C10H22N2. The standard InChI is InChI=1S/C10H22N2/c1-4-5-9(2)12-7-6-10(8-12)11-3/h9-11H,4-8H2,1-3H3. The van der Waals surface area contributed by atoms with E-state index in [-0.39, 0.29) is 0 Å². The van der Waals surface area contributed by atoms with Gasteiger partial charge in [-0.3, -0.25) is 4.90 Å². The fraction of sp³-hybridized carbons (Fsp3) is 1.00. The van der Waals surface area contributed by atoms with E-state index in [0.29, 0.717) is 0 Å². The van der Waals surface area contributed by atoms with E-state index in [9.17, 15) is 0 Å². The van der Waals surface area contributed by atoms with Gasteiger partial charge >= 0.3 is 0 Å². The summed E-state index contributed by atoms with van der Waals surface area (Å²) >= 11 is 0. The van der Waals surface area contributed by atoms with Crippen LogP contribution in [0, 0.1) is 0 Å². The van der Waals surface area contributed by atoms with E-state index in [4.69, 9.17) is 0 Å². The first kappa shape index (κ1) is 10.0. The number of hydrogen-bond donors (Lipinski definition) is 1. The van der Waals surface area contributed by atoms with Crippen molar-refractivity contribution in [2.45, 2.75) is 45.2 Å². The highest BCUT2D eigenvalue weighted by atomic mass is 15.2. The van der Waals surface area contributed by atoms with Crippen LogP contribution >= 0.6 is 0 Å². The first-order valence-electron chi connectivity index (χ1n) is 5.19. The first-order chi connectivity index (χ1) is 5.77. The Morgan fingerprint density at radius 2 is 2.33 bits per heavy atom. The van der Waals surface area contributed by atoms with Crippen molar-refractivity contribution in [1.82, 2.24) is 10.2 Å². The van der Waals surface area contributed by atoms with Crippen LogP contribution < -0.4 is 5.32 Å². The monoisotopic (exact) mass is 170 g/mol. The van der Waals surface area contributed by atoms with E-state index in [1.165, 1.54) is 32.4 Å². The molecule has 12 heavy (non-hydrogen) atoms. The van der Waals surface area contributed by atoms with Gasteiger partial charge in [0.2, 0.25) is 0 Å². The molecule has 1 fully saturated rings. The molecule has 0 aromatic carbocycles. The van der Waals surface area contributed by atoms with Gasteiger partial charge in [-0.25, -0.2) is 0 Å². The summed E-state index contributed by atoms with van der Waals surface area (Å²) < 4.78 is 0. The predicted molar refractivity (Wildman–Crippen MR) is 53.4 cm³/mol. The molecule has 0 radical (unpaired) electrons. The van der Waals surface area contributed by atoms with Crippen molar-refractivity contribution in [2.75, 3.05) is 20.1 Å². The van der Waals surface area contributed by atoms with Gasteiger partial charge in [0.05, 0.1) is 0 Å². The lowest BCUT2D eigenvalue weighted by molar-refractivity contribution is 0.240. The lowest BCUT2D eigenvalue weighted by atomic mass is 10.2. The van der Waals surface area contributed by atoms with Gasteiger partial charge in [-0.2, -0.15) is 0 Å². The number of nitrogens with one attached hydrogen (secondary N) is 1. The van der Waals surface area contributed by atoms with Crippen LogP contribution in [0.15, 0.2) is 0 Å². The Balaban J connectivity index is 2.25. The van der Waals surface area contributed by atoms with E-state index >= 15 is 0 Å². The van der Waals surface area contributed by atoms with Crippen molar-refractivity contribution in [3.63, 3.8) is 0 Å². The predicted octanol–water partition coefficient (Wildman–Crippen LogP) is 1.47. The zero-order valence-corrected chi connectivity index (χ0v) is 8.64. The molecule has 1 saturated heterocycles. The van der Waals surface area contributed by atoms with Crippen LogP contribution in [0.5, 0.6) is 0 Å². The van der Waals surface area contributed by atoms with Crippen LogP contribution in [-0.4, -0.2) is 37.1 Å². The molecule has 72 valence electrons. The van der Waals surface area contributed by atoms with Crippen molar-refractivity contribution < 1.29 is 0 Å². The fourth-order valence-corrected chi connectivity index (χ4v) is 2.02. The summed E-state index contributed by atoms with van der Waals surface area (Å²) in [4.78, 5) is 2.60. The molecule has 1 aliphatic rings. The van der Waals surface area contributed by atoms with Gasteiger partial charge in [-0.15, -0.1) is 0 Å². The van der Waals surface area contributed by atoms with Crippen LogP contribution in [0.3, 0.4) is 0 Å². The third-order valence-electron chi connectivity index (χ3n) is 2.96. The third kappa shape index (κ3) is 2.46. The Bertz CT molecular complexity index is 125. The molecule has 1 aliphatic heterocycles. The zero-order chi connectivity index (χ0) is 8.97. The lowest BCUT2D eigenvalue weighted by Gasteiger charge is -2.23. The molecule has 0 saturated carbocycles. The summed E-state index contributed by atoms with van der Waals surface area (Å²) in [6.45, 7) is 7.15. The molecule has 2 atom stereocenters. The number of rotatable bonds is 4. The Labute approximate surface area is 76.3 Å². The Hall–Kier alpha value is -0.0800. The van der Waals surface area contributed by atoms with Crippen molar-refractivity contribution >= 4 is 0 Å². The quantitative estimate of drug-likeness (QED) is 0.687. The molecule has 1 N–H and O–H groups in total. The summed E-state index contributed by atoms with van der Waals surface area (Å²) in [6.07, 6.45) is 3.98. The molecule has 1 heterocycles. The second-order valence-corrected chi connectivity index (χ2v) is 3.91. The van der Waals surface area contributed by atoms with Crippen LogP contribution in [0.25, 0.3) is 0 Å². The van der Waals surface area contributed by atoms with Crippen LogP contribution in [-0.2, 0) is 0 Å². The molecule has 1 rings (SSSR count). The summed E-state index contributed by atoms with van der Waals surface area (Å²) in [5, 5.41) is 3.35. The van der Waals surface area contributed by atoms with Crippen molar-refractivity contribution in [3.8, 4) is 0 Å². The van der Waals surface area contributed by atoms with Gasteiger partial charge in [0.15, 0.2) is 0 Å². The second-order valence-electron chi connectivity index (χ2n) is 3.91. The molecule has 0 amide bonds. The summed E-state index contributed by atoms with van der Waals surface area (Å²) in [7, 11) is 2.07. The lowest BCUT2D eigenvalue weighted by Crippen LogP contribution is -2.34. The van der Waals surface area contributed by atoms with Crippen molar-refractivity contribution in [3.05, 3.63) is 0 Å². The minimum Gasteiger partial charge on any atom is -0.316 e. The Kier molecular flexibility index (Phi) is 4.02. The highest BCUT2D eigenvalue weighted by Gasteiger charge is 2.23. The maximum Gasteiger partial charge on any atom is 0.0204 e. The van der Waals surface area contributed by atoms with Gasteiger partial charge in [0, 0.05) is 25.2 Å². The highest BCUT2D eigenvalue weighted by molar-refractivity contribution is 4.82. The largest absolute Gasteiger partial charge is 0.316 e. The summed E-state index contributed by atoms with van der Waals surface area (Å²) in [5.41, 5.74) is 0. The average Bonchev–Trinajstić information content (AvgIpc) is 2.52. The molecule has 2 nitrogen and oxygen atoms in total. The minimum atomic E-state index is 0.740. The smallest absolute Gasteiger partial charge is 0.0204 e. The molecular weight excluding hydrogens is 148 g/mol. The zero-order valence-electron chi connectivity index (χ0n) is 8.64. The number of nitrogens with zero attached hydrogens (tertiary/aromatic N) is 1. The Morgan fingerprint density at radius 3 is 2.83 bits per heavy atom. The molecule has 2 heteroatoms. The maximum absolute atomic E-state index is 3.35. The molecule has 0 aromatic heterocycles. The minimum absolute atomic E-state index is 0.740.